The van der Waals surface area contributed by atoms with Gasteiger partial charge in [0.1, 0.15) is 0 Å². The van der Waals surface area contributed by atoms with E-state index in [1.54, 1.807) is 0 Å². The summed E-state index contributed by atoms with van der Waals surface area (Å²) in [6, 6.07) is 70.7. The van der Waals surface area contributed by atoms with Gasteiger partial charge in [0.2, 0.25) is 0 Å². The molecule has 0 bridgehead atoms. The molecule has 56 heavy (non-hydrogen) atoms. The highest BCUT2D eigenvalue weighted by molar-refractivity contribution is 6.22. The zero-order valence-corrected chi connectivity index (χ0v) is 31.5. The molecule has 2 aliphatic rings. The Morgan fingerprint density at radius 2 is 0.750 bits per heavy atom. The van der Waals surface area contributed by atoms with Gasteiger partial charge in [0.05, 0.1) is 0 Å². The first-order valence-electron chi connectivity index (χ1n) is 19.9. The summed E-state index contributed by atoms with van der Waals surface area (Å²) in [4.78, 5) is 0. The average Bonchev–Trinajstić information content (AvgIpc) is 3.71. The Hall–Kier alpha value is -6.76. The maximum atomic E-state index is 2.50. The van der Waals surface area contributed by atoms with Crippen LogP contribution in [0.25, 0.3) is 87.6 Å². The predicted molar refractivity (Wildman–Crippen MR) is 238 cm³/mol. The monoisotopic (exact) mass is 710 g/mol. The molecule has 0 spiro atoms. The molecule has 0 nitrogen and oxygen atoms in total. The summed E-state index contributed by atoms with van der Waals surface area (Å²) >= 11 is 0. The van der Waals surface area contributed by atoms with Crippen molar-refractivity contribution < 1.29 is 0 Å². The third-order valence-corrected chi connectivity index (χ3v) is 13.1. The van der Waals surface area contributed by atoms with Crippen molar-refractivity contribution in [3.63, 3.8) is 0 Å². The van der Waals surface area contributed by atoms with Gasteiger partial charge in [0, 0.05) is 11.3 Å². The van der Waals surface area contributed by atoms with Gasteiger partial charge in [-0.25, -0.2) is 0 Å². The molecule has 10 aromatic rings. The van der Waals surface area contributed by atoms with Crippen LogP contribution in [0.2, 0.25) is 0 Å². The van der Waals surface area contributed by atoms with Gasteiger partial charge in [-0.05, 0) is 121 Å². The van der Waals surface area contributed by atoms with Gasteiger partial charge in [-0.1, -0.05) is 196 Å². The van der Waals surface area contributed by atoms with E-state index in [0.29, 0.717) is 0 Å². The summed E-state index contributed by atoms with van der Waals surface area (Å²) in [7, 11) is 0. The van der Waals surface area contributed by atoms with Crippen molar-refractivity contribution in [3.05, 3.63) is 216 Å². The number of fused-ring (bicyclic) bond motifs is 13. The summed E-state index contributed by atoms with van der Waals surface area (Å²) in [5.41, 5.74) is 17.4. The zero-order valence-electron chi connectivity index (χ0n) is 31.5. The normalized spacial score (nSPS) is 14.0. The lowest BCUT2D eigenvalue weighted by molar-refractivity contribution is 0.666. The average molecular weight is 711 g/mol. The van der Waals surface area contributed by atoms with E-state index >= 15 is 0 Å². The Balaban J connectivity index is 1.06. The fourth-order valence-electron chi connectivity index (χ4n) is 10.8. The zero-order chi connectivity index (χ0) is 37.1. The minimum Gasteiger partial charge on any atom is -0.0619 e. The maximum Gasteiger partial charge on any atom is 0.0352 e. The van der Waals surface area contributed by atoms with Crippen molar-refractivity contribution in [2.75, 3.05) is 0 Å². The molecule has 2 aliphatic carbocycles. The van der Waals surface area contributed by atoms with Crippen molar-refractivity contribution in [2.45, 2.75) is 25.2 Å². The first kappa shape index (κ1) is 31.6. The summed E-state index contributed by atoms with van der Waals surface area (Å²) < 4.78 is 0. The van der Waals surface area contributed by atoms with Gasteiger partial charge >= 0.3 is 0 Å². The second-order valence-corrected chi connectivity index (χ2v) is 16.3. The molecule has 0 N–H and O–H groups in total. The lowest BCUT2D eigenvalue weighted by Crippen LogP contribution is -2.15. The fourth-order valence-corrected chi connectivity index (χ4v) is 10.8. The van der Waals surface area contributed by atoms with E-state index in [4.69, 9.17) is 0 Å². The lowest BCUT2D eigenvalue weighted by atomic mass is 9.79. The highest BCUT2D eigenvalue weighted by Crippen LogP contribution is 2.56. The van der Waals surface area contributed by atoms with Crippen LogP contribution in [-0.4, -0.2) is 0 Å². The van der Waals surface area contributed by atoms with E-state index in [1.807, 2.05) is 0 Å². The smallest absolute Gasteiger partial charge is 0.0352 e. The van der Waals surface area contributed by atoms with Crippen LogP contribution in [0, 0.1) is 0 Å². The van der Waals surface area contributed by atoms with Crippen LogP contribution in [0.4, 0.5) is 0 Å². The van der Waals surface area contributed by atoms with Crippen molar-refractivity contribution in [2.24, 2.45) is 0 Å². The minimum atomic E-state index is -0.129. The maximum absolute atomic E-state index is 2.50. The molecule has 0 heteroatoms. The van der Waals surface area contributed by atoms with E-state index in [2.05, 4.69) is 202 Å². The van der Waals surface area contributed by atoms with Crippen LogP contribution < -0.4 is 0 Å². The van der Waals surface area contributed by atoms with Gasteiger partial charge in [-0.3, -0.25) is 0 Å². The van der Waals surface area contributed by atoms with Crippen molar-refractivity contribution in [1.82, 2.24) is 0 Å². The predicted octanol–water partition coefficient (Wildman–Crippen LogP) is 15.1. The topological polar surface area (TPSA) is 0 Å². The molecule has 0 fully saturated rings. The largest absolute Gasteiger partial charge is 0.0619 e. The van der Waals surface area contributed by atoms with Crippen LogP contribution in [-0.2, 0) is 5.41 Å². The summed E-state index contributed by atoms with van der Waals surface area (Å²) in [5.74, 6) is 0.234. The molecule has 0 unspecified atom stereocenters. The molecule has 0 aliphatic heterocycles. The number of benzene rings is 10. The van der Waals surface area contributed by atoms with Crippen LogP contribution in [0.5, 0.6) is 0 Å². The van der Waals surface area contributed by atoms with Crippen molar-refractivity contribution in [3.8, 4) is 44.5 Å². The van der Waals surface area contributed by atoms with Gasteiger partial charge in [-0.2, -0.15) is 0 Å². The Kier molecular flexibility index (Phi) is 6.55. The molecule has 0 heterocycles. The van der Waals surface area contributed by atoms with Crippen LogP contribution in [0.3, 0.4) is 0 Å². The highest BCUT2D eigenvalue weighted by Gasteiger charge is 2.39. The van der Waals surface area contributed by atoms with E-state index in [1.165, 1.54) is 115 Å². The molecule has 0 atom stereocenters. The van der Waals surface area contributed by atoms with Crippen molar-refractivity contribution >= 4 is 43.1 Å². The number of hydrogen-bond donors (Lipinski definition) is 0. The molecular weight excluding hydrogens is 673 g/mol. The van der Waals surface area contributed by atoms with Crippen LogP contribution in [0.15, 0.2) is 188 Å². The Morgan fingerprint density at radius 3 is 1.30 bits per heavy atom. The standard InChI is InChI=1S/C56H38/c1-56(2)50-32-31-36(33-49(50)54-43-21-9-5-17-39(43)40-18-6-14-26-48(40)55(54)56)53-46-24-12-10-22-44(46)52(45-23-11-13-25-47(45)53)35-29-27-34(28-30-35)51-41-19-7-3-15-37(41)38-16-4-8-20-42(38)51/h3-33,51H,1-2H3. The molecule has 10 aromatic carbocycles. The SMILES string of the molecule is CC1(C)c2ccc(-c3c4ccccc4c(-c4ccc(C5c6ccccc6-c6ccccc65)cc4)c4ccccc34)cc2-c2c1c1ccccc1c1ccccc21. The molecule has 262 valence electrons. The first-order valence-corrected chi connectivity index (χ1v) is 19.9. The van der Waals surface area contributed by atoms with Gasteiger partial charge in [0.25, 0.3) is 0 Å². The molecule has 12 rings (SSSR count). The summed E-state index contributed by atoms with van der Waals surface area (Å²) in [5, 5.41) is 10.5. The van der Waals surface area contributed by atoms with E-state index in [9.17, 15) is 0 Å². The minimum absolute atomic E-state index is 0.129. The van der Waals surface area contributed by atoms with Gasteiger partial charge in [0.15, 0.2) is 0 Å². The molecule has 0 aromatic heterocycles. The summed E-state index contributed by atoms with van der Waals surface area (Å²) in [6.45, 7) is 4.82. The molecule has 0 saturated heterocycles. The van der Waals surface area contributed by atoms with Crippen molar-refractivity contribution in [1.29, 1.82) is 0 Å². The Morgan fingerprint density at radius 1 is 0.339 bits per heavy atom. The number of hydrogen-bond acceptors (Lipinski definition) is 0. The Labute approximate surface area is 327 Å². The van der Waals surface area contributed by atoms with Gasteiger partial charge in [-0.15, -0.1) is 0 Å². The quantitative estimate of drug-likeness (QED) is 0.126. The molecular formula is C56H38. The van der Waals surface area contributed by atoms with E-state index in [-0.39, 0.29) is 11.3 Å². The fraction of sp³-hybridized carbons (Fsp3) is 0.0714. The molecule has 0 saturated carbocycles. The van der Waals surface area contributed by atoms with E-state index in [0.717, 1.165) is 0 Å². The summed E-state index contributed by atoms with van der Waals surface area (Å²) in [6.07, 6.45) is 0. The second kappa shape index (κ2) is 11.6. The van der Waals surface area contributed by atoms with E-state index < -0.39 is 0 Å². The molecule has 0 radical (unpaired) electrons. The van der Waals surface area contributed by atoms with Crippen LogP contribution >= 0.6 is 0 Å². The number of rotatable bonds is 3. The second-order valence-electron chi connectivity index (χ2n) is 16.3. The lowest BCUT2D eigenvalue weighted by Gasteiger charge is -2.24. The van der Waals surface area contributed by atoms with Gasteiger partial charge < -0.3 is 0 Å². The third-order valence-electron chi connectivity index (χ3n) is 13.1. The highest BCUT2D eigenvalue weighted by atomic mass is 14.4. The third kappa shape index (κ3) is 4.25. The van der Waals surface area contributed by atoms with Crippen LogP contribution in [0.1, 0.15) is 47.6 Å². The molecule has 0 amide bonds. The first-order chi connectivity index (χ1) is 27.6. The Bertz CT molecular complexity index is 3160.